The molecular formula is C19H20N6O4S. The Morgan fingerprint density at radius 1 is 1.47 bits per heavy atom. The van der Waals surface area contributed by atoms with E-state index in [1.165, 1.54) is 22.1 Å². The molecule has 0 aliphatic carbocycles. The fraction of sp³-hybridized carbons (Fsp3) is 0.316. The second kappa shape index (κ2) is 7.50. The molecule has 3 aromatic heterocycles. The first-order chi connectivity index (χ1) is 14.3. The molecule has 4 heterocycles. The second-order valence-corrected chi connectivity index (χ2v) is 8.00. The summed E-state index contributed by atoms with van der Waals surface area (Å²) in [7, 11) is 0. The second-order valence-electron chi connectivity index (χ2n) is 7.13. The van der Waals surface area contributed by atoms with Crippen LogP contribution in [-0.4, -0.2) is 56.6 Å². The van der Waals surface area contributed by atoms with Crippen molar-refractivity contribution < 1.29 is 14.7 Å². The maximum atomic E-state index is 12.7. The lowest BCUT2D eigenvalue weighted by Gasteiger charge is -2.20. The van der Waals surface area contributed by atoms with Crippen molar-refractivity contribution in [2.24, 2.45) is 10.9 Å². The molecular weight excluding hydrogens is 408 g/mol. The molecule has 3 aromatic rings. The van der Waals surface area contributed by atoms with Crippen molar-refractivity contribution >= 4 is 39.9 Å². The number of thiazole rings is 1. The Morgan fingerprint density at radius 3 is 2.93 bits per heavy atom. The van der Waals surface area contributed by atoms with Crippen molar-refractivity contribution in [3.05, 3.63) is 45.7 Å². The summed E-state index contributed by atoms with van der Waals surface area (Å²) in [5.74, 6) is -0.708. The van der Waals surface area contributed by atoms with Crippen LogP contribution in [-0.2, 0) is 4.84 Å². The summed E-state index contributed by atoms with van der Waals surface area (Å²) in [6.45, 7) is 5.06. The van der Waals surface area contributed by atoms with Crippen LogP contribution in [0.3, 0.4) is 0 Å². The molecule has 1 aliphatic heterocycles. The summed E-state index contributed by atoms with van der Waals surface area (Å²) in [6.07, 6.45) is 2.87. The highest BCUT2D eigenvalue weighted by Gasteiger charge is 2.38. The number of anilines is 1. The van der Waals surface area contributed by atoms with E-state index < -0.39 is 16.9 Å². The van der Waals surface area contributed by atoms with Gasteiger partial charge in [0.05, 0.1) is 23.2 Å². The number of aromatic carboxylic acids is 1. The number of nitrogens with two attached hydrogens (primary N) is 1. The number of carboxylic acid groups (broad SMARTS) is 1. The van der Waals surface area contributed by atoms with E-state index in [1.54, 1.807) is 23.7 Å². The van der Waals surface area contributed by atoms with E-state index in [2.05, 4.69) is 15.1 Å². The van der Waals surface area contributed by atoms with Crippen LogP contribution in [0.4, 0.5) is 5.82 Å². The quantitative estimate of drug-likeness (QED) is 0.583. The SMILES string of the molecule is CCO/N=C1/CN(c2ccc3c(=O)c(C(=O)O)cn(-c4nccs4)c3n2)CC1(C)N. The number of oxime groups is 1. The van der Waals surface area contributed by atoms with Crippen molar-refractivity contribution in [3.8, 4) is 5.13 Å². The van der Waals surface area contributed by atoms with Crippen LogP contribution in [0.1, 0.15) is 24.2 Å². The smallest absolute Gasteiger partial charge is 0.341 e. The summed E-state index contributed by atoms with van der Waals surface area (Å²) in [6, 6.07) is 3.27. The fourth-order valence-corrected chi connectivity index (χ4v) is 3.96. The highest BCUT2D eigenvalue weighted by Crippen LogP contribution is 2.25. The number of nitrogens with zero attached hydrogens (tertiary/aromatic N) is 5. The molecule has 0 spiro atoms. The molecule has 0 amide bonds. The lowest BCUT2D eigenvalue weighted by molar-refractivity contribution is 0.0695. The molecule has 0 bridgehead atoms. The van der Waals surface area contributed by atoms with Crippen LogP contribution < -0.4 is 16.1 Å². The van der Waals surface area contributed by atoms with Crippen LogP contribution in [0, 0.1) is 0 Å². The van der Waals surface area contributed by atoms with Gasteiger partial charge in [0.25, 0.3) is 0 Å². The van der Waals surface area contributed by atoms with Crippen LogP contribution in [0.25, 0.3) is 16.2 Å². The molecule has 0 aromatic carbocycles. The van der Waals surface area contributed by atoms with Crippen molar-refractivity contribution in [2.75, 3.05) is 24.6 Å². The monoisotopic (exact) mass is 428 g/mol. The zero-order valence-corrected chi connectivity index (χ0v) is 17.2. The average molecular weight is 428 g/mol. The molecule has 1 aliphatic rings. The summed E-state index contributed by atoms with van der Waals surface area (Å²) in [4.78, 5) is 40.3. The predicted octanol–water partition coefficient (Wildman–Crippen LogP) is 1.47. The minimum atomic E-state index is -1.30. The average Bonchev–Trinajstić information content (AvgIpc) is 3.34. The maximum absolute atomic E-state index is 12.7. The standard InChI is InChI=1S/C19H20N6O4S/c1-3-29-23-13-9-24(10-19(13,2)20)14-5-4-11-15(26)12(17(27)28)8-25(16(11)22-14)18-21-6-7-30-18/h4-8H,3,9-10,20H2,1-2H3,(H,27,28)/b23-13-. The fourth-order valence-electron chi connectivity index (χ4n) is 3.35. The third-order valence-corrected chi connectivity index (χ3v) is 5.61. The van der Waals surface area contributed by atoms with Gasteiger partial charge >= 0.3 is 5.97 Å². The van der Waals surface area contributed by atoms with E-state index in [-0.39, 0.29) is 10.9 Å². The number of carbonyl (C=O) groups is 1. The zero-order chi connectivity index (χ0) is 21.5. The van der Waals surface area contributed by atoms with E-state index in [4.69, 9.17) is 10.6 Å². The van der Waals surface area contributed by atoms with E-state index in [9.17, 15) is 14.7 Å². The third kappa shape index (κ3) is 3.42. The Bertz CT molecular complexity index is 1200. The Hall–Kier alpha value is -3.31. The maximum Gasteiger partial charge on any atom is 0.341 e. The first kappa shape index (κ1) is 20.0. The lowest BCUT2D eigenvalue weighted by Crippen LogP contribution is -2.45. The van der Waals surface area contributed by atoms with Gasteiger partial charge in [-0.3, -0.25) is 9.36 Å². The van der Waals surface area contributed by atoms with Gasteiger partial charge in [-0.25, -0.2) is 14.8 Å². The van der Waals surface area contributed by atoms with Crippen LogP contribution in [0.2, 0.25) is 0 Å². The summed E-state index contributed by atoms with van der Waals surface area (Å²) in [5.41, 5.74) is 5.79. The number of carboxylic acids is 1. The van der Waals surface area contributed by atoms with Gasteiger partial charge in [-0.1, -0.05) is 5.16 Å². The van der Waals surface area contributed by atoms with E-state index in [0.29, 0.717) is 42.0 Å². The largest absolute Gasteiger partial charge is 0.477 e. The van der Waals surface area contributed by atoms with Gasteiger partial charge in [0.2, 0.25) is 5.43 Å². The minimum absolute atomic E-state index is 0.201. The van der Waals surface area contributed by atoms with E-state index in [1.807, 2.05) is 18.7 Å². The number of rotatable bonds is 5. The molecule has 1 unspecified atom stereocenters. The molecule has 11 heteroatoms. The first-order valence-electron chi connectivity index (χ1n) is 9.24. The predicted molar refractivity (Wildman–Crippen MR) is 114 cm³/mol. The molecule has 0 radical (unpaired) electrons. The van der Waals surface area contributed by atoms with Crippen molar-refractivity contribution in [1.29, 1.82) is 0 Å². The van der Waals surface area contributed by atoms with E-state index >= 15 is 0 Å². The number of fused-ring (bicyclic) bond motifs is 1. The summed E-state index contributed by atoms with van der Waals surface area (Å²) < 4.78 is 1.53. The Balaban J connectivity index is 1.85. The number of aromatic nitrogens is 3. The van der Waals surface area contributed by atoms with Gasteiger partial charge in [0.1, 0.15) is 18.0 Å². The number of hydrogen-bond acceptors (Lipinski definition) is 9. The molecule has 10 nitrogen and oxygen atoms in total. The number of pyridine rings is 2. The Labute approximate surface area is 175 Å². The topological polar surface area (TPSA) is 136 Å². The zero-order valence-electron chi connectivity index (χ0n) is 16.4. The number of hydrogen-bond donors (Lipinski definition) is 2. The lowest BCUT2D eigenvalue weighted by atomic mass is 10.0. The molecule has 1 fully saturated rings. The molecule has 0 saturated carbocycles. The van der Waals surface area contributed by atoms with Gasteiger partial charge in [0.15, 0.2) is 10.8 Å². The normalized spacial score (nSPS) is 20.2. The van der Waals surface area contributed by atoms with Gasteiger partial charge in [-0.2, -0.15) is 0 Å². The minimum Gasteiger partial charge on any atom is -0.477 e. The first-order valence-corrected chi connectivity index (χ1v) is 10.1. The molecule has 1 atom stereocenters. The molecule has 1 saturated heterocycles. The van der Waals surface area contributed by atoms with Crippen molar-refractivity contribution in [1.82, 2.24) is 14.5 Å². The summed E-state index contributed by atoms with van der Waals surface area (Å²) in [5, 5.41) is 16.0. The van der Waals surface area contributed by atoms with Gasteiger partial charge in [0, 0.05) is 24.3 Å². The van der Waals surface area contributed by atoms with Crippen LogP contribution >= 0.6 is 11.3 Å². The molecule has 4 rings (SSSR count). The van der Waals surface area contributed by atoms with Gasteiger partial charge < -0.3 is 20.6 Å². The molecule has 30 heavy (non-hydrogen) atoms. The Morgan fingerprint density at radius 2 is 2.27 bits per heavy atom. The molecule has 156 valence electrons. The van der Waals surface area contributed by atoms with E-state index in [0.717, 1.165) is 0 Å². The van der Waals surface area contributed by atoms with Gasteiger partial charge in [-0.05, 0) is 26.0 Å². The molecule has 3 N–H and O–H groups in total. The van der Waals surface area contributed by atoms with Crippen molar-refractivity contribution in [2.45, 2.75) is 19.4 Å². The Kier molecular flexibility index (Phi) is 5.00. The van der Waals surface area contributed by atoms with Crippen LogP contribution in [0.5, 0.6) is 0 Å². The highest BCUT2D eigenvalue weighted by atomic mass is 32.1. The third-order valence-electron chi connectivity index (χ3n) is 4.84. The van der Waals surface area contributed by atoms with Crippen LogP contribution in [0.15, 0.2) is 39.9 Å². The summed E-state index contributed by atoms with van der Waals surface area (Å²) >= 11 is 1.31. The highest BCUT2D eigenvalue weighted by molar-refractivity contribution is 7.12. The van der Waals surface area contributed by atoms with Crippen molar-refractivity contribution in [3.63, 3.8) is 0 Å². The van der Waals surface area contributed by atoms with Gasteiger partial charge in [-0.15, -0.1) is 11.3 Å².